The Hall–Kier alpha value is -2.07. The molecule has 0 bridgehead atoms. The Labute approximate surface area is 88.9 Å². The maximum atomic E-state index is 8.00. The van der Waals surface area contributed by atoms with Gasteiger partial charge in [0.2, 0.25) is 0 Å². The van der Waals surface area contributed by atoms with Crippen molar-refractivity contribution >= 4 is 6.79 Å². The number of hydrogen-bond donors (Lipinski definition) is 0. The third-order valence-corrected chi connectivity index (χ3v) is 1.13. The third kappa shape index (κ3) is 11.9. The number of carbonyl (C=O) groups excluding carboxylic acids is 1. The highest BCUT2D eigenvalue weighted by Gasteiger charge is 1.59. The summed E-state index contributed by atoms with van der Waals surface area (Å²) in [4.78, 5) is 15.6. The summed E-state index contributed by atoms with van der Waals surface area (Å²) in [5.74, 6) is 0. The number of carbonyl (C=O) groups is 1. The second-order valence-electron chi connectivity index (χ2n) is 2.05. The van der Waals surface area contributed by atoms with Gasteiger partial charge in [-0.3, -0.25) is 9.97 Å². The molecule has 0 radical (unpaired) electrons. The molecule has 2 N–H and O–H groups in total. The lowest BCUT2D eigenvalue weighted by atomic mass is 10.5. The van der Waals surface area contributed by atoms with Crippen LogP contribution in [0.4, 0.5) is 0 Å². The quantitative estimate of drug-likeness (QED) is 0.649. The van der Waals surface area contributed by atoms with Crippen molar-refractivity contribution in [3.63, 3.8) is 0 Å². The van der Waals surface area contributed by atoms with E-state index in [1.54, 1.807) is 24.8 Å². The first-order valence-electron chi connectivity index (χ1n) is 3.99. The van der Waals surface area contributed by atoms with E-state index in [0.29, 0.717) is 0 Å². The zero-order valence-corrected chi connectivity index (χ0v) is 8.28. The first-order valence-corrected chi connectivity index (χ1v) is 3.99. The summed E-state index contributed by atoms with van der Waals surface area (Å²) in [6, 6.07) is 11.4. The summed E-state index contributed by atoms with van der Waals surface area (Å²) in [6.45, 7) is 2.00. The van der Waals surface area contributed by atoms with Gasteiger partial charge in [0.25, 0.3) is 0 Å². The highest BCUT2D eigenvalue weighted by atomic mass is 16.1. The van der Waals surface area contributed by atoms with Crippen LogP contribution in [0.2, 0.25) is 0 Å². The van der Waals surface area contributed by atoms with E-state index in [0.717, 1.165) is 0 Å². The molecule has 2 heterocycles. The van der Waals surface area contributed by atoms with Gasteiger partial charge in [-0.25, -0.2) is 0 Å². The van der Waals surface area contributed by atoms with Crippen molar-refractivity contribution in [3.8, 4) is 0 Å². The van der Waals surface area contributed by atoms with Crippen molar-refractivity contribution < 1.29 is 10.3 Å². The van der Waals surface area contributed by atoms with Crippen molar-refractivity contribution in [3.05, 3.63) is 61.2 Å². The molecule has 2 aromatic heterocycles. The van der Waals surface area contributed by atoms with Gasteiger partial charge >= 0.3 is 0 Å². The van der Waals surface area contributed by atoms with Crippen LogP contribution in [-0.4, -0.2) is 22.2 Å². The van der Waals surface area contributed by atoms with Crippen LogP contribution in [0.3, 0.4) is 0 Å². The summed E-state index contributed by atoms with van der Waals surface area (Å²) >= 11 is 0. The molecule has 4 nitrogen and oxygen atoms in total. The summed E-state index contributed by atoms with van der Waals surface area (Å²) < 4.78 is 0. The molecule has 2 aromatic rings. The molecule has 0 fully saturated rings. The monoisotopic (exact) mass is 206 g/mol. The molecule has 0 spiro atoms. The fourth-order valence-electron chi connectivity index (χ4n) is 0.625. The maximum Gasteiger partial charge on any atom is 0.106 e. The van der Waals surface area contributed by atoms with Crippen LogP contribution in [0.15, 0.2) is 61.2 Å². The molecule has 80 valence electrons. The molecule has 0 saturated heterocycles. The van der Waals surface area contributed by atoms with Gasteiger partial charge in [-0.05, 0) is 24.3 Å². The molecule has 0 amide bonds. The lowest BCUT2D eigenvalue weighted by molar-refractivity contribution is -0.0979. The van der Waals surface area contributed by atoms with Crippen LogP contribution in [0, 0.1) is 0 Å². The summed E-state index contributed by atoms with van der Waals surface area (Å²) in [5.41, 5.74) is 0. The van der Waals surface area contributed by atoms with E-state index in [2.05, 4.69) is 9.97 Å². The lowest BCUT2D eigenvalue weighted by Crippen LogP contribution is -1.58. The van der Waals surface area contributed by atoms with Crippen molar-refractivity contribution in [2.45, 2.75) is 0 Å². The van der Waals surface area contributed by atoms with Crippen molar-refractivity contribution in [1.29, 1.82) is 0 Å². The van der Waals surface area contributed by atoms with Crippen LogP contribution < -0.4 is 0 Å². The molecule has 15 heavy (non-hydrogen) atoms. The zero-order valence-electron chi connectivity index (χ0n) is 8.28. The molecule has 0 atom stereocenters. The van der Waals surface area contributed by atoms with E-state index in [1.807, 2.05) is 43.2 Å². The predicted octanol–water partition coefficient (Wildman–Crippen LogP) is 1.15. The van der Waals surface area contributed by atoms with E-state index in [-0.39, 0.29) is 5.48 Å². The number of hydrogen-bond acceptors (Lipinski definition) is 3. The minimum absolute atomic E-state index is 0. The van der Waals surface area contributed by atoms with Crippen molar-refractivity contribution in [2.24, 2.45) is 0 Å². The average Bonchev–Trinajstić information content (AvgIpc) is 2.37. The second-order valence-corrected chi connectivity index (χ2v) is 2.05. The molecule has 0 unspecified atom stereocenters. The Kier molecular flexibility index (Phi) is 14.8. The van der Waals surface area contributed by atoms with Gasteiger partial charge in [0, 0.05) is 24.8 Å². The number of aromatic nitrogens is 2. The largest absolute Gasteiger partial charge is 0.412 e. The standard InChI is InChI=1S/2C5H5N.CH2O.H2O/c2*1-2-4-6-5-3-1;1-2;/h2*1-5H;1H2;1H2. The first kappa shape index (κ1) is 15.4. The predicted molar refractivity (Wildman–Crippen MR) is 59.2 cm³/mol. The van der Waals surface area contributed by atoms with E-state index >= 15 is 0 Å². The van der Waals surface area contributed by atoms with Crippen molar-refractivity contribution in [2.75, 3.05) is 0 Å². The van der Waals surface area contributed by atoms with Crippen LogP contribution in [0.5, 0.6) is 0 Å². The van der Waals surface area contributed by atoms with Gasteiger partial charge in [0.05, 0.1) is 0 Å². The fourth-order valence-corrected chi connectivity index (χ4v) is 0.625. The average molecular weight is 206 g/mol. The molecule has 0 saturated carbocycles. The van der Waals surface area contributed by atoms with Gasteiger partial charge in [-0.1, -0.05) is 12.1 Å². The molecule has 4 heteroatoms. The lowest BCUT2D eigenvalue weighted by Gasteiger charge is -1.70. The van der Waals surface area contributed by atoms with Crippen LogP contribution >= 0.6 is 0 Å². The highest BCUT2D eigenvalue weighted by molar-refractivity contribution is 5.11. The van der Waals surface area contributed by atoms with Gasteiger partial charge in [-0.15, -0.1) is 0 Å². The van der Waals surface area contributed by atoms with Gasteiger partial charge in [0.1, 0.15) is 6.79 Å². The minimum Gasteiger partial charge on any atom is -0.412 e. The van der Waals surface area contributed by atoms with Crippen LogP contribution in [-0.2, 0) is 4.79 Å². The van der Waals surface area contributed by atoms with E-state index in [1.165, 1.54) is 0 Å². The molecule has 2 rings (SSSR count). The normalized spacial score (nSPS) is 6.67. The molecular weight excluding hydrogens is 192 g/mol. The highest BCUT2D eigenvalue weighted by Crippen LogP contribution is 1.74. The minimum atomic E-state index is 0. The SMILES string of the molecule is C=O.O.c1ccncc1.c1ccncc1. The van der Waals surface area contributed by atoms with E-state index < -0.39 is 0 Å². The molecular formula is C11H14N2O2. The smallest absolute Gasteiger partial charge is 0.106 e. The summed E-state index contributed by atoms with van der Waals surface area (Å²) in [6.07, 6.45) is 7.00. The van der Waals surface area contributed by atoms with E-state index in [4.69, 9.17) is 4.79 Å². The van der Waals surface area contributed by atoms with Gasteiger partial charge < -0.3 is 10.3 Å². The Morgan fingerprint density at radius 2 is 0.867 bits per heavy atom. The molecule has 0 aromatic carbocycles. The van der Waals surface area contributed by atoms with Crippen molar-refractivity contribution in [1.82, 2.24) is 9.97 Å². The zero-order chi connectivity index (χ0) is 10.5. The molecule has 0 aliphatic rings. The summed E-state index contributed by atoms with van der Waals surface area (Å²) in [5, 5.41) is 0. The first-order chi connectivity index (χ1) is 7.00. The Morgan fingerprint density at radius 1 is 0.600 bits per heavy atom. The number of pyridine rings is 2. The van der Waals surface area contributed by atoms with Gasteiger partial charge in [-0.2, -0.15) is 0 Å². The summed E-state index contributed by atoms with van der Waals surface area (Å²) in [7, 11) is 0. The van der Waals surface area contributed by atoms with Crippen LogP contribution in [0.1, 0.15) is 0 Å². The van der Waals surface area contributed by atoms with Crippen LogP contribution in [0.25, 0.3) is 0 Å². The molecule has 0 aliphatic carbocycles. The van der Waals surface area contributed by atoms with Gasteiger partial charge in [0.15, 0.2) is 0 Å². The molecule has 0 aliphatic heterocycles. The second kappa shape index (κ2) is 14.5. The fraction of sp³-hybridized carbons (Fsp3) is 0. The topological polar surface area (TPSA) is 74.3 Å². The Morgan fingerprint density at radius 3 is 0.933 bits per heavy atom. The third-order valence-electron chi connectivity index (χ3n) is 1.13. The van der Waals surface area contributed by atoms with E-state index in [9.17, 15) is 0 Å². The Balaban J connectivity index is 0. The Bertz CT molecular complexity index is 205. The maximum absolute atomic E-state index is 8.00. The number of rotatable bonds is 0. The number of nitrogens with zero attached hydrogens (tertiary/aromatic N) is 2.